The second kappa shape index (κ2) is 9.74. The number of halogens is 1. The number of nitrogens with one attached hydrogen (secondary N) is 3. The van der Waals surface area contributed by atoms with Gasteiger partial charge in [0.25, 0.3) is 0 Å². The molecule has 8 heteroatoms. The molecule has 0 bridgehead atoms. The summed E-state index contributed by atoms with van der Waals surface area (Å²) in [5, 5.41) is 13.4. The maximum absolute atomic E-state index is 11.2. The molecule has 1 amide bonds. The van der Waals surface area contributed by atoms with Crippen molar-refractivity contribution < 1.29 is 9.32 Å². The molecular weight excluding hydrogens is 409 g/mol. The van der Waals surface area contributed by atoms with Crippen molar-refractivity contribution >= 4 is 35.8 Å². The van der Waals surface area contributed by atoms with Crippen molar-refractivity contribution in [2.75, 3.05) is 19.6 Å². The predicted molar refractivity (Wildman–Crippen MR) is 100 cm³/mol. The zero-order valence-electron chi connectivity index (χ0n) is 13.9. The topological polar surface area (TPSA) is 91.6 Å². The van der Waals surface area contributed by atoms with Crippen LogP contribution in [0, 0.1) is 13.8 Å². The number of aryl methyl sites for hydroxylation is 2. The first-order chi connectivity index (χ1) is 10.6. The number of nitrogens with zero attached hydrogens (tertiary/aromatic N) is 2. The molecule has 0 aliphatic carbocycles. The van der Waals surface area contributed by atoms with Crippen LogP contribution >= 0.6 is 24.0 Å². The molecule has 0 radical (unpaired) electrons. The van der Waals surface area contributed by atoms with Crippen LogP contribution in [-0.2, 0) is 11.2 Å². The lowest BCUT2D eigenvalue weighted by Crippen LogP contribution is -2.51. The average molecular weight is 435 g/mol. The van der Waals surface area contributed by atoms with E-state index in [2.05, 4.69) is 26.1 Å². The minimum Gasteiger partial charge on any atom is -0.361 e. The standard InChI is InChI=1S/C15H25N5O2.HI/c1-4-16-15(19-12-5-6-14(21)18-9-12)17-8-7-13-10(2)20-22-11(13)3;/h12H,4-9H2,1-3H3,(H,18,21)(H2,16,17,19);1H. The van der Waals surface area contributed by atoms with Crippen molar-refractivity contribution in [2.24, 2.45) is 4.99 Å². The highest BCUT2D eigenvalue weighted by Gasteiger charge is 2.18. The van der Waals surface area contributed by atoms with Gasteiger partial charge in [-0.3, -0.25) is 9.79 Å². The number of amides is 1. The van der Waals surface area contributed by atoms with Gasteiger partial charge in [-0.05, 0) is 33.6 Å². The summed E-state index contributed by atoms with van der Waals surface area (Å²) in [6.07, 6.45) is 2.20. The molecule has 1 aliphatic rings. The molecule has 0 aromatic carbocycles. The summed E-state index contributed by atoms with van der Waals surface area (Å²) in [5.41, 5.74) is 2.06. The van der Waals surface area contributed by atoms with Crippen LogP contribution in [0.2, 0.25) is 0 Å². The molecule has 1 aromatic heterocycles. The molecule has 1 fully saturated rings. The second-order valence-electron chi connectivity index (χ2n) is 5.50. The van der Waals surface area contributed by atoms with Gasteiger partial charge in [0.15, 0.2) is 5.96 Å². The molecule has 1 aromatic rings. The third-order valence-corrected chi connectivity index (χ3v) is 3.76. The maximum atomic E-state index is 11.2. The molecule has 23 heavy (non-hydrogen) atoms. The molecule has 1 saturated heterocycles. The lowest BCUT2D eigenvalue weighted by atomic mass is 10.1. The van der Waals surface area contributed by atoms with Crippen molar-refractivity contribution in [3.8, 4) is 0 Å². The number of hydrogen-bond acceptors (Lipinski definition) is 4. The van der Waals surface area contributed by atoms with Crippen molar-refractivity contribution in [3.63, 3.8) is 0 Å². The molecule has 130 valence electrons. The van der Waals surface area contributed by atoms with Gasteiger partial charge in [-0.1, -0.05) is 5.16 Å². The summed E-state index contributed by atoms with van der Waals surface area (Å²) in [6, 6.07) is 0.231. The van der Waals surface area contributed by atoms with Gasteiger partial charge in [-0.25, -0.2) is 0 Å². The molecule has 2 heterocycles. The molecule has 2 rings (SSSR count). The van der Waals surface area contributed by atoms with E-state index in [0.29, 0.717) is 19.5 Å². The third kappa shape index (κ3) is 6.00. The number of carbonyl (C=O) groups excluding carboxylic acids is 1. The Balaban J connectivity index is 0.00000264. The molecule has 0 spiro atoms. The van der Waals surface area contributed by atoms with Crippen LogP contribution in [0.15, 0.2) is 9.52 Å². The summed E-state index contributed by atoms with van der Waals surface area (Å²) < 4.78 is 5.16. The summed E-state index contributed by atoms with van der Waals surface area (Å²) in [4.78, 5) is 15.8. The number of guanidine groups is 1. The number of piperidine rings is 1. The zero-order valence-corrected chi connectivity index (χ0v) is 16.3. The Morgan fingerprint density at radius 2 is 2.26 bits per heavy atom. The van der Waals surface area contributed by atoms with Gasteiger partial charge in [-0.2, -0.15) is 0 Å². The first-order valence-corrected chi connectivity index (χ1v) is 7.83. The SMILES string of the molecule is CCNC(=NCCc1c(C)noc1C)NC1CCC(=O)NC1.I. The normalized spacial score (nSPS) is 18.1. The second-order valence-corrected chi connectivity index (χ2v) is 5.50. The van der Waals surface area contributed by atoms with Crippen LogP contribution in [0.1, 0.15) is 36.8 Å². The largest absolute Gasteiger partial charge is 0.361 e. The van der Waals surface area contributed by atoms with Crippen molar-refractivity contribution in [1.82, 2.24) is 21.1 Å². The van der Waals surface area contributed by atoms with Crippen molar-refractivity contribution in [1.29, 1.82) is 0 Å². The van der Waals surface area contributed by atoms with E-state index in [0.717, 1.165) is 42.4 Å². The highest BCUT2D eigenvalue weighted by molar-refractivity contribution is 14.0. The van der Waals surface area contributed by atoms with Gasteiger partial charge in [0, 0.05) is 37.7 Å². The lowest BCUT2D eigenvalue weighted by Gasteiger charge is -2.25. The fraction of sp³-hybridized carbons (Fsp3) is 0.667. The Hall–Kier alpha value is -1.32. The molecule has 3 N–H and O–H groups in total. The Morgan fingerprint density at radius 1 is 1.48 bits per heavy atom. The molecule has 7 nitrogen and oxygen atoms in total. The van der Waals surface area contributed by atoms with Crippen LogP contribution in [0.25, 0.3) is 0 Å². The minimum absolute atomic E-state index is 0. The molecular formula is C15H26IN5O2. The summed E-state index contributed by atoms with van der Waals surface area (Å²) in [7, 11) is 0. The quantitative estimate of drug-likeness (QED) is 0.368. The van der Waals surface area contributed by atoms with Gasteiger partial charge in [-0.15, -0.1) is 24.0 Å². The molecule has 1 unspecified atom stereocenters. The third-order valence-electron chi connectivity index (χ3n) is 3.76. The van der Waals surface area contributed by atoms with E-state index < -0.39 is 0 Å². The summed E-state index contributed by atoms with van der Waals surface area (Å²) in [6.45, 7) is 8.02. The Bertz CT molecular complexity index is 514. The number of aliphatic imine (C=N–C) groups is 1. The van der Waals surface area contributed by atoms with Gasteiger partial charge < -0.3 is 20.5 Å². The minimum atomic E-state index is 0. The van der Waals surface area contributed by atoms with Crippen molar-refractivity contribution in [3.05, 3.63) is 17.0 Å². The van der Waals surface area contributed by atoms with Crippen LogP contribution in [-0.4, -0.2) is 42.7 Å². The summed E-state index contributed by atoms with van der Waals surface area (Å²) >= 11 is 0. The maximum Gasteiger partial charge on any atom is 0.220 e. The van der Waals surface area contributed by atoms with Crippen LogP contribution in [0.3, 0.4) is 0 Å². The smallest absolute Gasteiger partial charge is 0.220 e. The van der Waals surface area contributed by atoms with Crippen molar-refractivity contribution in [2.45, 2.75) is 46.1 Å². The zero-order chi connectivity index (χ0) is 15.9. The van der Waals surface area contributed by atoms with E-state index in [1.165, 1.54) is 0 Å². The highest BCUT2D eigenvalue weighted by Crippen LogP contribution is 2.12. The molecule has 1 aliphatic heterocycles. The average Bonchev–Trinajstić information content (AvgIpc) is 2.81. The van der Waals surface area contributed by atoms with E-state index in [1.54, 1.807) is 0 Å². The Labute approximate surface area is 154 Å². The lowest BCUT2D eigenvalue weighted by molar-refractivity contribution is -0.122. The first-order valence-electron chi connectivity index (χ1n) is 7.83. The Kier molecular flexibility index (Phi) is 8.35. The number of aromatic nitrogens is 1. The van der Waals surface area contributed by atoms with E-state index in [-0.39, 0.29) is 35.9 Å². The van der Waals surface area contributed by atoms with E-state index in [9.17, 15) is 4.79 Å². The van der Waals surface area contributed by atoms with Gasteiger partial charge in [0.2, 0.25) is 5.91 Å². The van der Waals surface area contributed by atoms with E-state index >= 15 is 0 Å². The fourth-order valence-electron chi connectivity index (χ4n) is 2.51. The highest BCUT2D eigenvalue weighted by atomic mass is 127. The van der Waals surface area contributed by atoms with Gasteiger partial charge in [0.05, 0.1) is 5.69 Å². The van der Waals surface area contributed by atoms with E-state index in [1.807, 2.05) is 20.8 Å². The summed E-state index contributed by atoms with van der Waals surface area (Å²) in [5.74, 6) is 1.77. The first kappa shape index (κ1) is 19.7. The number of rotatable bonds is 5. The van der Waals surface area contributed by atoms with Crippen LogP contribution in [0.5, 0.6) is 0 Å². The van der Waals surface area contributed by atoms with E-state index in [4.69, 9.17) is 4.52 Å². The fourth-order valence-corrected chi connectivity index (χ4v) is 2.51. The van der Waals surface area contributed by atoms with Gasteiger partial charge >= 0.3 is 0 Å². The molecule has 1 atom stereocenters. The number of carbonyl (C=O) groups is 1. The van der Waals surface area contributed by atoms with Crippen LogP contribution in [0.4, 0.5) is 0 Å². The molecule has 0 saturated carbocycles. The monoisotopic (exact) mass is 435 g/mol. The van der Waals surface area contributed by atoms with Gasteiger partial charge in [0.1, 0.15) is 5.76 Å². The number of hydrogen-bond donors (Lipinski definition) is 3. The Morgan fingerprint density at radius 3 is 2.83 bits per heavy atom. The van der Waals surface area contributed by atoms with Crippen LogP contribution < -0.4 is 16.0 Å². The predicted octanol–water partition coefficient (Wildman–Crippen LogP) is 1.29.